The third kappa shape index (κ3) is 2.65. The fraction of sp³-hybridized carbons (Fsp3) is 0.0833. The van der Waals surface area contributed by atoms with E-state index in [-0.39, 0.29) is 16.9 Å². The maximum Gasteiger partial charge on any atom is 0.244 e. The second-order valence-corrected chi connectivity index (χ2v) is 3.93. The molecule has 1 heterocycles. The molecule has 0 aliphatic rings. The average molecular weight is 253 g/mol. The molecule has 0 fully saturated rings. The fourth-order valence-electron chi connectivity index (χ4n) is 1.34. The van der Waals surface area contributed by atoms with Crippen molar-refractivity contribution in [2.24, 2.45) is 0 Å². The van der Waals surface area contributed by atoms with Crippen molar-refractivity contribution in [2.45, 2.75) is 6.92 Å². The standard InChI is InChI=1S/C12H10ClFN2O/c1-7-6-8(14)2-4-10(7)17-12-9(15)3-5-11(13)16-12/h2-6H,15H2,1H3. The Kier molecular flexibility index (Phi) is 3.15. The van der Waals surface area contributed by atoms with E-state index >= 15 is 0 Å². The zero-order valence-corrected chi connectivity index (χ0v) is 9.83. The summed E-state index contributed by atoms with van der Waals surface area (Å²) in [4.78, 5) is 3.96. The minimum absolute atomic E-state index is 0.215. The average Bonchev–Trinajstić information content (AvgIpc) is 2.27. The van der Waals surface area contributed by atoms with E-state index in [0.717, 1.165) is 0 Å². The number of aryl methyl sites for hydroxylation is 1. The zero-order valence-electron chi connectivity index (χ0n) is 9.08. The Bertz CT molecular complexity index is 560. The van der Waals surface area contributed by atoms with E-state index in [0.29, 0.717) is 17.0 Å². The van der Waals surface area contributed by atoms with Crippen LogP contribution in [0.15, 0.2) is 30.3 Å². The Morgan fingerprint density at radius 3 is 2.76 bits per heavy atom. The number of nitrogens with two attached hydrogens (primary N) is 1. The van der Waals surface area contributed by atoms with Crippen LogP contribution in [0.25, 0.3) is 0 Å². The molecule has 2 N–H and O–H groups in total. The molecule has 88 valence electrons. The molecule has 3 nitrogen and oxygen atoms in total. The van der Waals surface area contributed by atoms with Crippen molar-refractivity contribution in [3.8, 4) is 11.6 Å². The number of nitrogens with zero attached hydrogens (tertiary/aromatic N) is 1. The monoisotopic (exact) mass is 252 g/mol. The Labute approximate surface area is 103 Å². The fourth-order valence-corrected chi connectivity index (χ4v) is 1.48. The van der Waals surface area contributed by atoms with Gasteiger partial charge in [-0.05, 0) is 42.8 Å². The van der Waals surface area contributed by atoms with Gasteiger partial charge in [0.25, 0.3) is 0 Å². The van der Waals surface area contributed by atoms with Crippen molar-refractivity contribution < 1.29 is 9.13 Å². The quantitative estimate of drug-likeness (QED) is 0.832. The summed E-state index contributed by atoms with van der Waals surface area (Å²) in [6.45, 7) is 1.74. The molecule has 17 heavy (non-hydrogen) atoms. The number of rotatable bonds is 2. The number of hydrogen-bond acceptors (Lipinski definition) is 3. The van der Waals surface area contributed by atoms with E-state index in [2.05, 4.69) is 4.98 Å². The topological polar surface area (TPSA) is 48.1 Å². The highest BCUT2D eigenvalue weighted by molar-refractivity contribution is 6.29. The number of benzene rings is 1. The van der Waals surface area contributed by atoms with Crippen LogP contribution in [-0.2, 0) is 0 Å². The first-order valence-electron chi connectivity index (χ1n) is 4.92. The predicted molar refractivity (Wildman–Crippen MR) is 64.9 cm³/mol. The van der Waals surface area contributed by atoms with Crippen LogP contribution in [0, 0.1) is 12.7 Å². The minimum atomic E-state index is -0.318. The summed E-state index contributed by atoms with van der Waals surface area (Å²) >= 11 is 5.74. The molecule has 0 aliphatic carbocycles. The van der Waals surface area contributed by atoms with E-state index in [1.165, 1.54) is 18.2 Å². The van der Waals surface area contributed by atoms with E-state index in [9.17, 15) is 4.39 Å². The van der Waals surface area contributed by atoms with Crippen LogP contribution < -0.4 is 10.5 Å². The first kappa shape index (κ1) is 11.7. The number of anilines is 1. The van der Waals surface area contributed by atoms with Crippen molar-refractivity contribution >= 4 is 17.3 Å². The normalized spacial score (nSPS) is 10.3. The molecule has 0 saturated carbocycles. The number of nitrogen functional groups attached to an aromatic ring is 1. The van der Waals surface area contributed by atoms with E-state index in [1.54, 1.807) is 19.1 Å². The Morgan fingerprint density at radius 2 is 2.06 bits per heavy atom. The molecule has 0 spiro atoms. The van der Waals surface area contributed by atoms with Gasteiger partial charge in [0.2, 0.25) is 5.88 Å². The number of hydrogen-bond donors (Lipinski definition) is 1. The zero-order chi connectivity index (χ0) is 12.4. The van der Waals surface area contributed by atoms with Gasteiger partial charge in [0.1, 0.15) is 16.7 Å². The molecule has 2 rings (SSSR count). The first-order chi connectivity index (χ1) is 8.06. The lowest BCUT2D eigenvalue weighted by molar-refractivity contribution is 0.460. The molecule has 0 amide bonds. The van der Waals surface area contributed by atoms with E-state index in [4.69, 9.17) is 22.1 Å². The van der Waals surface area contributed by atoms with Crippen molar-refractivity contribution in [1.29, 1.82) is 0 Å². The predicted octanol–water partition coefficient (Wildman–Crippen LogP) is 3.56. The third-order valence-electron chi connectivity index (χ3n) is 2.20. The van der Waals surface area contributed by atoms with Crippen LogP contribution in [0.2, 0.25) is 5.15 Å². The smallest absolute Gasteiger partial charge is 0.244 e. The lowest BCUT2D eigenvalue weighted by atomic mass is 10.2. The van der Waals surface area contributed by atoms with Crippen molar-refractivity contribution in [1.82, 2.24) is 4.98 Å². The van der Waals surface area contributed by atoms with Gasteiger partial charge in [-0.1, -0.05) is 11.6 Å². The van der Waals surface area contributed by atoms with Gasteiger partial charge in [-0.15, -0.1) is 0 Å². The Hall–Kier alpha value is -1.81. The van der Waals surface area contributed by atoms with Crippen LogP contribution >= 0.6 is 11.6 Å². The van der Waals surface area contributed by atoms with Crippen LogP contribution in [0.1, 0.15) is 5.56 Å². The molecule has 0 unspecified atom stereocenters. The van der Waals surface area contributed by atoms with Gasteiger partial charge >= 0.3 is 0 Å². The van der Waals surface area contributed by atoms with Crippen LogP contribution in [0.5, 0.6) is 11.6 Å². The van der Waals surface area contributed by atoms with Gasteiger partial charge in [-0.2, -0.15) is 4.98 Å². The largest absolute Gasteiger partial charge is 0.437 e. The van der Waals surface area contributed by atoms with Gasteiger partial charge in [-0.25, -0.2) is 4.39 Å². The molecule has 0 saturated heterocycles. The van der Waals surface area contributed by atoms with Gasteiger partial charge in [0.05, 0.1) is 5.69 Å². The number of halogens is 2. The molecule has 0 aliphatic heterocycles. The molecule has 1 aromatic carbocycles. The second-order valence-electron chi connectivity index (χ2n) is 3.54. The van der Waals surface area contributed by atoms with Crippen LogP contribution in [-0.4, -0.2) is 4.98 Å². The lowest BCUT2D eigenvalue weighted by Gasteiger charge is -2.09. The Morgan fingerprint density at radius 1 is 1.29 bits per heavy atom. The highest BCUT2D eigenvalue weighted by Gasteiger charge is 2.07. The summed E-state index contributed by atoms with van der Waals surface area (Å²) in [5.41, 5.74) is 6.73. The van der Waals surface area contributed by atoms with Gasteiger partial charge in [0.15, 0.2) is 0 Å². The van der Waals surface area contributed by atoms with Crippen molar-refractivity contribution in [3.05, 3.63) is 46.9 Å². The first-order valence-corrected chi connectivity index (χ1v) is 5.30. The van der Waals surface area contributed by atoms with Gasteiger partial charge in [0, 0.05) is 0 Å². The van der Waals surface area contributed by atoms with Crippen LogP contribution in [0.4, 0.5) is 10.1 Å². The molecule has 2 aromatic rings. The molecule has 1 aromatic heterocycles. The minimum Gasteiger partial charge on any atom is -0.437 e. The third-order valence-corrected chi connectivity index (χ3v) is 2.41. The summed E-state index contributed by atoms with van der Waals surface area (Å²) in [5, 5.41) is 0.286. The van der Waals surface area contributed by atoms with Crippen molar-refractivity contribution in [2.75, 3.05) is 5.73 Å². The van der Waals surface area contributed by atoms with Crippen molar-refractivity contribution in [3.63, 3.8) is 0 Å². The molecule has 0 radical (unpaired) electrons. The number of aromatic nitrogens is 1. The maximum absolute atomic E-state index is 12.9. The lowest BCUT2D eigenvalue weighted by Crippen LogP contribution is -1.96. The number of pyridine rings is 1. The Balaban J connectivity index is 2.34. The highest BCUT2D eigenvalue weighted by atomic mass is 35.5. The number of ether oxygens (including phenoxy) is 1. The summed E-state index contributed by atoms with van der Waals surface area (Å²) in [7, 11) is 0. The van der Waals surface area contributed by atoms with Gasteiger partial charge in [-0.3, -0.25) is 0 Å². The highest BCUT2D eigenvalue weighted by Crippen LogP contribution is 2.29. The summed E-state index contributed by atoms with van der Waals surface area (Å²) in [6, 6.07) is 7.37. The SMILES string of the molecule is Cc1cc(F)ccc1Oc1nc(Cl)ccc1N. The molecular weight excluding hydrogens is 243 g/mol. The second kappa shape index (κ2) is 4.59. The summed E-state index contributed by atoms with van der Waals surface area (Å²) < 4.78 is 18.4. The van der Waals surface area contributed by atoms with E-state index in [1.807, 2.05) is 0 Å². The molecule has 5 heteroatoms. The van der Waals surface area contributed by atoms with E-state index < -0.39 is 0 Å². The summed E-state index contributed by atoms with van der Waals surface area (Å²) in [5.74, 6) is 0.391. The van der Waals surface area contributed by atoms with Gasteiger partial charge < -0.3 is 10.5 Å². The maximum atomic E-state index is 12.9. The molecule has 0 bridgehead atoms. The van der Waals surface area contributed by atoms with Crippen LogP contribution in [0.3, 0.4) is 0 Å². The molecule has 0 atom stereocenters. The molecular formula is C12H10ClFN2O. The summed E-state index contributed by atoms with van der Waals surface area (Å²) in [6.07, 6.45) is 0.